The first-order valence-corrected chi connectivity index (χ1v) is 7.94. The predicted molar refractivity (Wildman–Crippen MR) is 79.4 cm³/mol. The van der Waals surface area contributed by atoms with Crippen LogP contribution in [0.3, 0.4) is 0 Å². The molecule has 0 bridgehead atoms. The molecule has 102 valence electrons. The Balaban J connectivity index is 1.39. The van der Waals surface area contributed by atoms with E-state index >= 15 is 0 Å². The van der Waals surface area contributed by atoms with E-state index in [4.69, 9.17) is 0 Å². The van der Waals surface area contributed by atoms with Gasteiger partial charge in [-0.3, -0.25) is 4.90 Å². The van der Waals surface area contributed by atoms with Crippen molar-refractivity contribution in [2.45, 2.75) is 38.1 Å². The van der Waals surface area contributed by atoms with Gasteiger partial charge in [-0.05, 0) is 55.6 Å². The van der Waals surface area contributed by atoms with E-state index < -0.39 is 0 Å². The van der Waals surface area contributed by atoms with E-state index in [1.807, 2.05) is 0 Å². The van der Waals surface area contributed by atoms with Gasteiger partial charge >= 0.3 is 0 Å². The van der Waals surface area contributed by atoms with Crippen molar-refractivity contribution in [3.8, 4) is 0 Å². The van der Waals surface area contributed by atoms with Crippen molar-refractivity contribution < 1.29 is 0 Å². The SMILES string of the molecule is c1ccc2c(c1)CC(CN(CC1CC1)C1CC1)CN2. The Morgan fingerprint density at radius 2 is 1.79 bits per heavy atom. The van der Waals surface area contributed by atoms with E-state index in [9.17, 15) is 0 Å². The van der Waals surface area contributed by atoms with E-state index in [1.54, 1.807) is 0 Å². The molecule has 0 amide bonds. The summed E-state index contributed by atoms with van der Waals surface area (Å²) in [4.78, 5) is 2.80. The maximum Gasteiger partial charge on any atom is 0.0372 e. The van der Waals surface area contributed by atoms with E-state index in [0.29, 0.717) is 0 Å². The summed E-state index contributed by atoms with van der Waals surface area (Å²) in [6, 6.07) is 9.74. The molecule has 1 heterocycles. The minimum absolute atomic E-state index is 0.800. The molecule has 1 aliphatic heterocycles. The first-order valence-electron chi connectivity index (χ1n) is 7.94. The van der Waals surface area contributed by atoms with Crippen molar-refractivity contribution in [3.05, 3.63) is 29.8 Å². The molecule has 0 spiro atoms. The van der Waals surface area contributed by atoms with Crippen molar-refractivity contribution in [2.75, 3.05) is 25.0 Å². The number of fused-ring (bicyclic) bond motifs is 1. The van der Waals surface area contributed by atoms with Crippen LogP contribution in [0.2, 0.25) is 0 Å². The number of hydrogen-bond acceptors (Lipinski definition) is 2. The summed E-state index contributed by atoms with van der Waals surface area (Å²) < 4.78 is 0. The van der Waals surface area contributed by atoms with Gasteiger partial charge in [-0.1, -0.05) is 18.2 Å². The van der Waals surface area contributed by atoms with Crippen LogP contribution in [0.25, 0.3) is 0 Å². The molecule has 2 aliphatic carbocycles. The zero-order valence-electron chi connectivity index (χ0n) is 11.6. The van der Waals surface area contributed by atoms with E-state index in [1.165, 1.54) is 56.4 Å². The smallest absolute Gasteiger partial charge is 0.0372 e. The summed E-state index contributed by atoms with van der Waals surface area (Å²) in [6.45, 7) is 3.84. The average molecular weight is 256 g/mol. The van der Waals surface area contributed by atoms with Gasteiger partial charge in [-0.25, -0.2) is 0 Å². The molecule has 4 rings (SSSR count). The number of hydrogen-bond donors (Lipinski definition) is 1. The Morgan fingerprint density at radius 1 is 1.00 bits per heavy atom. The number of rotatable bonds is 5. The molecule has 0 aromatic heterocycles. The fraction of sp³-hybridized carbons (Fsp3) is 0.647. The third-order valence-electron chi connectivity index (χ3n) is 4.85. The van der Waals surface area contributed by atoms with Crippen LogP contribution in [-0.2, 0) is 6.42 Å². The summed E-state index contributed by atoms with van der Waals surface area (Å²) in [5.41, 5.74) is 2.87. The summed E-state index contributed by atoms with van der Waals surface area (Å²) in [5.74, 6) is 1.83. The Morgan fingerprint density at radius 3 is 2.58 bits per heavy atom. The Labute approximate surface area is 116 Å². The number of nitrogens with zero attached hydrogens (tertiary/aromatic N) is 1. The topological polar surface area (TPSA) is 15.3 Å². The Kier molecular flexibility index (Phi) is 2.99. The van der Waals surface area contributed by atoms with Crippen LogP contribution >= 0.6 is 0 Å². The van der Waals surface area contributed by atoms with Gasteiger partial charge in [0.2, 0.25) is 0 Å². The minimum atomic E-state index is 0.800. The molecule has 0 saturated heterocycles. The highest BCUT2D eigenvalue weighted by atomic mass is 15.2. The third-order valence-corrected chi connectivity index (χ3v) is 4.85. The lowest BCUT2D eigenvalue weighted by atomic mass is 9.93. The second-order valence-corrected chi connectivity index (χ2v) is 6.74. The second kappa shape index (κ2) is 4.82. The highest BCUT2D eigenvalue weighted by Crippen LogP contribution is 2.36. The normalized spacial score (nSPS) is 26.1. The first-order chi connectivity index (χ1) is 9.38. The van der Waals surface area contributed by atoms with Gasteiger partial charge in [-0.15, -0.1) is 0 Å². The molecule has 1 N–H and O–H groups in total. The van der Waals surface area contributed by atoms with Crippen LogP contribution in [0, 0.1) is 11.8 Å². The van der Waals surface area contributed by atoms with Crippen molar-refractivity contribution >= 4 is 5.69 Å². The minimum Gasteiger partial charge on any atom is -0.384 e. The van der Waals surface area contributed by atoms with Crippen LogP contribution in [0.15, 0.2) is 24.3 Å². The van der Waals surface area contributed by atoms with Crippen LogP contribution < -0.4 is 5.32 Å². The maximum atomic E-state index is 3.62. The quantitative estimate of drug-likeness (QED) is 0.870. The average Bonchev–Trinajstić information content (AvgIpc) is 3.30. The fourth-order valence-electron chi connectivity index (χ4n) is 3.41. The van der Waals surface area contributed by atoms with Crippen LogP contribution in [0.4, 0.5) is 5.69 Å². The van der Waals surface area contributed by atoms with Crippen LogP contribution in [-0.4, -0.2) is 30.6 Å². The van der Waals surface area contributed by atoms with Crippen LogP contribution in [0.1, 0.15) is 31.2 Å². The first kappa shape index (κ1) is 11.8. The predicted octanol–water partition coefficient (Wildman–Crippen LogP) is 3.15. The molecule has 1 unspecified atom stereocenters. The van der Waals surface area contributed by atoms with Gasteiger partial charge in [0, 0.05) is 31.4 Å². The molecule has 1 aromatic carbocycles. The Bertz CT molecular complexity index is 448. The summed E-state index contributed by atoms with van der Waals surface area (Å²) in [5, 5.41) is 3.62. The van der Waals surface area contributed by atoms with E-state index in [2.05, 4.69) is 34.5 Å². The van der Waals surface area contributed by atoms with Crippen molar-refractivity contribution in [2.24, 2.45) is 11.8 Å². The summed E-state index contributed by atoms with van der Waals surface area (Å²) in [7, 11) is 0. The second-order valence-electron chi connectivity index (χ2n) is 6.74. The largest absolute Gasteiger partial charge is 0.384 e. The highest BCUT2D eigenvalue weighted by molar-refractivity contribution is 5.53. The lowest BCUT2D eigenvalue weighted by molar-refractivity contribution is 0.214. The van der Waals surface area contributed by atoms with Crippen LogP contribution in [0.5, 0.6) is 0 Å². The number of benzene rings is 1. The van der Waals surface area contributed by atoms with Gasteiger partial charge in [0.15, 0.2) is 0 Å². The third kappa shape index (κ3) is 2.79. The van der Waals surface area contributed by atoms with Crippen molar-refractivity contribution in [1.82, 2.24) is 4.90 Å². The van der Waals surface area contributed by atoms with Gasteiger partial charge < -0.3 is 5.32 Å². The molecule has 19 heavy (non-hydrogen) atoms. The molecule has 2 heteroatoms. The zero-order chi connectivity index (χ0) is 12.7. The van der Waals surface area contributed by atoms with Gasteiger partial charge in [0.1, 0.15) is 0 Å². The summed E-state index contributed by atoms with van der Waals surface area (Å²) in [6.07, 6.45) is 7.12. The van der Waals surface area contributed by atoms with Gasteiger partial charge in [0.25, 0.3) is 0 Å². The lowest BCUT2D eigenvalue weighted by Gasteiger charge is -2.31. The molecular formula is C17H24N2. The standard InChI is InChI=1S/C17H24N2/c1-2-4-17-15(3-1)9-14(10-18-17)12-19(16-7-8-16)11-13-5-6-13/h1-4,13-14,16,18H,5-12H2. The zero-order valence-corrected chi connectivity index (χ0v) is 11.6. The molecule has 2 fully saturated rings. The van der Waals surface area contributed by atoms with E-state index in [0.717, 1.165) is 24.4 Å². The number of anilines is 1. The molecular weight excluding hydrogens is 232 g/mol. The van der Waals surface area contributed by atoms with Gasteiger partial charge in [0.05, 0.1) is 0 Å². The molecule has 1 aromatic rings. The molecule has 0 radical (unpaired) electrons. The fourth-order valence-corrected chi connectivity index (χ4v) is 3.41. The number of para-hydroxylation sites is 1. The number of nitrogens with one attached hydrogen (secondary N) is 1. The molecule has 2 nitrogen and oxygen atoms in total. The summed E-state index contributed by atoms with van der Waals surface area (Å²) >= 11 is 0. The Hall–Kier alpha value is -1.02. The molecule has 1 atom stereocenters. The molecule has 2 saturated carbocycles. The van der Waals surface area contributed by atoms with E-state index in [-0.39, 0.29) is 0 Å². The lowest BCUT2D eigenvalue weighted by Crippen LogP contribution is -2.38. The van der Waals surface area contributed by atoms with Crippen molar-refractivity contribution in [1.29, 1.82) is 0 Å². The van der Waals surface area contributed by atoms with Crippen molar-refractivity contribution in [3.63, 3.8) is 0 Å². The van der Waals surface area contributed by atoms with Gasteiger partial charge in [-0.2, -0.15) is 0 Å². The monoisotopic (exact) mass is 256 g/mol. The molecule has 3 aliphatic rings. The highest BCUT2D eigenvalue weighted by Gasteiger charge is 2.35. The maximum absolute atomic E-state index is 3.62.